The summed E-state index contributed by atoms with van der Waals surface area (Å²) in [5.41, 5.74) is 7.42. The molecule has 1 aromatic rings. The summed E-state index contributed by atoms with van der Waals surface area (Å²) < 4.78 is 18.9. The second-order valence-electron chi connectivity index (χ2n) is 4.57. The van der Waals surface area contributed by atoms with Gasteiger partial charge in [0.25, 0.3) is 0 Å². The standard InChI is InChI=1S/C14H23FN2O/c1-4-12(16)9-11-5-6-14(13(15)10-11)17(2)7-8-18-3/h5-6,10,12H,4,7-9,16H2,1-3H3. The number of methoxy groups -OCH3 is 1. The topological polar surface area (TPSA) is 38.5 Å². The molecule has 0 amide bonds. The number of anilines is 1. The van der Waals surface area contributed by atoms with E-state index in [9.17, 15) is 4.39 Å². The highest BCUT2D eigenvalue weighted by Gasteiger charge is 2.09. The van der Waals surface area contributed by atoms with E-state index in [0.29, 0.717) is 18.8 Å². The molecule has 1 unspecified atom stereocenters. The average molecular weight is 254 g/mol. The molecular weight excluding hydrogens is 231 g/mol. The van der Waals surface area contributed by atoms with Gasteiger partial charge in [-0.3, -0.25) is 0 Å². The van der Waals surface area contributed by atoms with Crippen LogP contribution in [0.1, 0.15) is 18.9 Å². The zero-order chi connectivity index (χ0) is 13.5. The monoisotopic (exact) mass is 254 g/mol. The molecule has 2 N–H and O–H groups in total. The molecular formula is C14H23FN2O. The normalized spacial score (nSPS) is 12.5. The van der Waals surface area contributed by atoms with Crippen molar-refractivity contribution in [2.75, 3.05) is 32.2 Å². The summed E-state index contributed by atoms with van der Waals surface area (Å²) in [6, 6.07) is 5.43. The molecule has 4 heteroatoms. The third-order valence-electron chi connectivity index (χ3n) is 3.08. The van der Waals surface area contributed by atoms with Gasteiger partial charge in [-0.15, -0.1) is 0 Å². The Kier molecular flexibility index (Phi) is 6.09. The molecule has 0 bridgehead atoms. The number of benzene rings is 1. The number of hydrogen-bond donors (Lipinski definition) is 1. The minimum absolute atomic E-state index is 0.0986. The van der Waals surface area contributed by atoms with Crippen LogP contribution in [0, 0.1) is 5.82 Å². The Morgan fingerprint density at radius 3 is 2.72 bits per heavy atom. The molecule has 0 heterocycles. The number of nitrogens with two attached hydrogens (primary N) is 1. The van der Waals surface area contributed by atoms with Gasteiger partial charge in [-0.05, 0) is 30.5 Å². The van der Waals surface area contributed by atoms with Crippen molar-refractivity contribution in [2.24, 2.45) is 5.73 Å². The maximum Gasteiger partial charge on any atom is 0.146 e. The van der Waals surface area contributed by atoms with E-state index in [1.54, 1.807) is 13.2 Å². The van der Waals surface area contributed by atoms with Gasteiger partial charge >= 0.3 is 0 Å². The lowest BCUT2D eigenvalue weighted by Crippen LogP contribution is -2.24. The largest absolute Gasteiger partial charge is 0.383 e. The van der Waals surface area contributed by atoms with Gasteiger partial charge in [0.15, 0.2) is 0 Å². The van der Waals surface area contributed by atoms with Gasteiger partial charge in [0.2, 0.25) is 0 Å². The van der Waals surface area contributed by atoms with Gasteiger partial charge in [0, 0.05) is 26.7 Å². The fourth-order valence-corrected chi connectivity index (χ4v) is 1.78. The molecule has 0 aliphatic carbocycles. The van der Waals surface area contributed by atoms with Crippen LogP contribution in [-0.4, -0.2) is 33.4 Å². The van der Waals surface area contributed by atoms with E-state index in [4.69, 9.17) is 10.5 Å². The van der Waals surface area contributed by atoms with E-state index in [0.717, 1.165) is 18.4 Å². The van der Waals surface area contributed by atoms with Crippen molar-refractivity contribution in [1.82, 2.24) is 0 Å². The van der Waals surface area contributed by atoms with Crippen molar-refractivity contribution >= 4 is 5.69 Å². The van der Waals surface area contributed by atoms with Crippen LogP contribution in [0.4, 0.5) is 10.1 Å². The molecule has 18 heavy (non-hydrogen) atoms. The SMILES string of the molecule is CCC(N)Cc1ccc(N(C)CCOC)c(F)c1. The first kappa shape index (κ1) is 14.9. The lowest BCUT2D eigenvalue weighted by molar-refractivity contribution is 0.206. The highest BCUT2D eigenvalue weighted by Crippen LogP contribution is 2.20. The predicted molar refractivity (Wildman–Crippen MR) is 73.5 cm³/mol. The molecule has 102 valence electrons. The van der Waals surface area contributed by atoms with E-state index in [1.165, 1.54) is 0 Å². The molecule has 0 radical (unpaired) electrons. The Bertz CT molecular complexity index is 371. The molecule has 1 aromatic carbocycles. The predicted octanol–water partition coefficient (Wildman–Crippen LogP) is 2.19. The van der Waals surface area contributed by atoms with E-state index in [-0.39, 0.29) is 11.9 Å². The van der Waals surface area contributed by atoms with E-state index in [2.05, 4.69) is 0 Å². The molecule has 0 saturated carbocycles. The molecule has 0 saturated heterocycles. The highest BCUT2D eigenvalue weighted by atomic mass is 19.1. The summed E-state index contributed by atoms with van der Waals surface area (Å²) in [4.78, 5) is 1.85. The Hall–Kier alpha value is -1.13. The molecule has 0 aliphatic rings. The fraction of sp³-hybridized carbons (Fsp3) is 0.571. The number of likely N-dealkylation sites (N-methyl/N-ethyl adjacent to an activating group) is 1. The summed E-state index contributed by atoms with van der Waals surface area (Å²) in [5, 5.41) is 0. The number of halogens is 1. The average Bonchev–Trinajstić information content (AvgIpc) is 2.36. The zero-order valence-corrected chi connectivity index (χ0v) is 11.4. The number of nitrogens with zero attached hydrogens (tertiary/aromatic N) is 1. The second kappa shape index (κ2) is 7.34. The maximum absolute atomic E-state index is 14.0. The summed E-state index contributed by atoms with van der Waals surface area (Å²) in [6.07, 6.45) is 1.62. The summed E-state index contributed by atoms with van der Waals surface area (Å²) in [7, 11) is 3.49. The molecule has 0 aromatic heterocycles. The van der Waals surface area contributed by atoms with E-state index < -0.39 is 0 Å². The minimum atomic E-state index is -0.200. The van der Waals surface area contributed by atoms with Crippen LogP contribution < -0.4 is 10.6 Å². The number of rotatable bonds is 7. The van der Waals surface area contributed by atoms with E-state index >= 15 is 0 Å². The van der Waals surface area contributed by atoms with Gasteiger partial charge in [-0.2, -0.15) is 0 Å². The van der Waals surface area contributed by atoms with Crippen LogP contribution in [0.3, 0.4) is 0 Å². The lowest BCUT2D eigenvalue weighted by atomic mass is 10.0. The summed E-state index contributed by atoms with van der Waals surface area (Å²) >= 11 is 0. The molecule has 1 atom stereocenters. The van der Waals surface area contributed by atoms with Crippen LogP contribution in [0.15, 0.2) is 18.2 Å². The smallest absolute Gasteiger partial charge is 0.146 e. The fourth-order valence-electron chi connectivity index (χ4n) is 1.78. The van der Waals surface area contributed by atoms with Gasteiger partial charge < -0.3 is 15.4 Å². The van der Waals surface area contributed by atoms with Crippen molar-refractivity contribution < 1.29 is 9.13 Å². The van der Waals surface area contributed by atoms with Crippen molar-refractivity contribution in [3.63, 3.8) is 0 Å². The first-order valence-electron chi connectivity index (χ1n) is 6.32. The van der Waals surface area contributed by atoms with Crippen molar-refractivity contribution in [2.45, 2.75) is 25.8 Å². The third-order valence-corrected chi connectivity index (χ3v) is 3.08. The van der Waals surface area contributed by atoms with E-state index in [1.807, 2.05) is 31.0 Å². The van der Waals surface area contributed by atoms with Crippen molar-refractivity contribution in [3.05, 3.63) is 29.6 Å². The van der Waals surface area contributed by atoms with Crippen molar-refractivity contribution in [3.8, 4) is 0 Å². The zero-order valence-electron chi connectivity index (χ0n) is 11.4. The molecule has 3 nitrogen and oxygen atoms in total. The van der Waals surface area contributed by atoms with Crippen LogP contribution in [0.2, 0.25) is 0 Å². The molecule has 0 aliphatic heterocycles. The summed E-state index contributed by atoms with van der Waals surface area (Å²) in [6.45, 7) is 3.29. The van der Waals surface area contributed by atoms with Crippen LogP contribution in [-0.2, 0) is 11.2 Å². The van der Waals surface area contributed by atoms with Gasteiger partial charge in [0.05, 0.1) is 12.3 Å². The Balaban J connectivity index is 2.72. The third kappa shape index (κ3) is 4.27. The van der Waals surface area contributed by atoms with Gasteiger partial charge in [0.1, 0.15) is 5.82 Å². The summed E-state index contributed by atoms with van der Waals surface area (Å²) in [5.74, 6) is -0.200. The second-order valence-corrected chi connectivity index (χ2v) is 4.57. The van der Waals surface area contributed by atoms with Crippen LogP contribution >= 0.6 is 0 Å². The first-order valence-corrected chi connectivity index (χ1v) is 6.32. The molecule has 0 spiro atoms. The van der Waals surface area contributed by atoms with Crippen LogP contribution in [0.25, 0.3) is 0 Å². The van der Waals surface area contributed by atoms with Gasteiger partial charge in [-0.25, -0.2) is 4.39 Å². The molecule has 1 rings (SSSR count). The number of ether oxygens (including phenoxy) is 1. The maximum atomic E-state index is 14.0. The van der Waals surface area contributed by atoms with Crippen molar-refractivity contribution in [1.29, 1.82) is 0 Å². The Labute approximate surface area is 109 Å². The number of hydrogen-bond acceptors (Lipinski definition) is 3. The van der Waals surface area contributed by atoms with Crippen LogP contribution in [0.5, 0.6) is 0 Å². The molecule has 0 fully saturated rings. The lowest BCUT2D eigenvalue weighted by Gasteiger charge is -2.20. The van der Waals surface area contributed by atoms with Gasteiger partial charge in [-0.1, -0.05) is 13.0 Å². The minimum Gasteiger partial charge on any atom is -0.383 e. The first-order chi connectivity index (χ1) is 8.58. The highest BCUT2D eigenvalue weighted by molar-refractivity contribution is 5.48. The Morgan fingerprint density at radius 2 is 2.17 bits per heavy atom. The Morgan fingerprint density at radius 1 is 1.44 bits per heavy atom. The quantitative estimate of drug-likeness (QED) is 0.810.